The average Bonchev–Trinajstić information content (AvgIpc) is 2.87. The van der Waals surface area contributed by atoms with Crippen LogP contribution in [0.1, 0.15) is 21.5 Å². The number of nitrogens with one attached hydrogen (secondary N) is 1. The van der Waals surface area contributed by atoms with E-state index >= 15 is 0 Å². The van der Waals surface area contributed by atoms with E-state index in [1.165, 1.54) is 30.4 Å². The van der Waals surface area contributed by atoms with Crippen LogP contribution in [0.5, 0.6) is 0 Å². The highest BCUT2D eigenvalue weighted by molar-refractivity contribution is 5.95. The van der Waals surface area contributed by atoms with Crippen molar-refractivity contribution in [3.05, 3.63) is 65.7 Å². The molecule has 4 aromatic rings. The average molecular weight is 501 g/mol. The summed E-state index contributed by atoms with van der Waals surface area (Å²) in [5.41, 5.74) is 0.606. The van der Waals surface area contributed by atoms with Gasteiger partial charge < -0.3 is 15.3 Å². The maximum absolute atomic E-state index is 13.8. The summed E-state index contributed by atoms with van der Waals surface area (Å²) in [6, 6.07) is 6.20. The molecule has 0 fully saturated rings. The molecular formula is C23H19F4N7O2. The molecule has 0 saturated carbocycles. The van der Waals surface area contributed by atoms with E-state index in [-0.39, 0.29) is 41.6 Å². The van der Waals surface area contributed by atoms with Crippen LogP contribution in [0.4, 0.5) is 29.2 Å². The maximum Gasteiger partial charge on any atom is 0.419 e. The summed E-state index contributed by atoms with van der Waals surface area (Å²) in [4.78, 5) is 34.0. The molecule has 9 nitrogen and oxygen atoms in total. The summed E-state index contributed by atoms with van der Waals surface area (Å²) < 4.78 is 52.1. The van der Waals surface area contributed by atoms with Gasteiger partial charge in [0.2, 0.25) is 5.95 Å². The summed E-state index contributed by atoms with van der Waals surface area (Å²) in [6.07, 6.45) is -0.447. The number of hydrogen-bond donors (Lipinski definition) is 2. The summed E-state index contributed by atoms with van der Waals surface area (Å²) in [7, 11) is 1.51. The molecule has 1 amide bonds. The lowest BCUT2D eigenvalue weighted by atomic mass is 10.1. The molecule has 2 N–H and O–H groups in total. The molecule has 4 aromatic heterocycles. The first-order chi connectivity index (χ1) is 17.2. The molecule has 13 heteroatoms. The number of likely N-dealkylation sites (N-methyl/N-ethyl adjacent to an activating group) is 1. The van der Waals surface area contributed by atoms with Gasteiger partial charge in [0.05, 0.1) is 34.8 Å². The number of aliphatic hydroxyl groups excluding tert-OH is 1. The Bertz CT molecular complexity index is 1400. The van der Waals surface area contributed by atoms with Gasteiger partial charge in [-0.2, -0.15) is 13.2 Å². The number of nitrogens with zero attached hydrogens (tertiary/aromatic N) is 6. The Hall–Kier alpha value is -4.26. The molecule has 0 bridgehead atoms. The summed E-state index contributed by atoms with van der Waals surface area (Å²) in [5.74, 6) is -0.459. The van der Waals surface area contributed by atoms with E-state index in [1.54, 1.807) is 18.2 Å². The molecule has 36 heavy (non-hydrogen) atoms. The molecular weight excluding hydrogens is 482 g/mol. The van der Waals surface area contributed by atoms with Gasteiger partial charge in [0.15, 0.2) is 5.65 Å². The van der Waals surface area contributed by atoms with Crippen LogP contribution in [-0.4, -0.2) is 61.0 Å². The maximum atomic E-state index is 13.8. The number of fused-ring (bicyclic) bond motifs is 1. The normalized spacial score (nSPS) is 11.5. The largest absolute Gasteiger partial charge is 0.419 e. The number of anilines is 2. The fraction of sp³-hybridized carbons (Fsp3) is 0.217. The molecule has 0 unspecified atom stereocenters. The lowest BCUT2D eigenvalue weighted by molar-refractivity contribution is -0.138. The Morgan fingerprint density at radius 3 is 2.50 bits per heavy atom. The second kappa shape index (κ2) is 10.2. The van der Waals surface area contributed by atoms with Crippen LogP contribution < -0.4 is 5.32 Å². The molecule has 0 aliphatic heterocycles. The van der Waals surface area contributed by atoms with Gasteiger partial charge >= 0.3 is 6.18 Å². The lowest BCUT2D eigenvalue weighted by Crippen LogP contribution is -2.29. The second-order valence-electron chi connectivity index (χ2n) is 7.66. The molecule has 0 aliphatic carbocycles. The first-order valence-electron chi connectivity index (χ1n) is 10.5. The molecule has 0 radical (unpaired) electrons. The van der Waals surface area contributed by atoms with Gasteiger partial charge in [-0.25, -0.2) is 24.3 Å². The number of alkyl halides is 4. The number of pyridine rings is 3. The van der Waals surface area contributed by atoms with Crippen molar-refractivity contribution in [1.82, 2.24) is 29.8 Å². The van der Waals surface area contributed by atoms with Gasteiger partial charge in [0, 0.05) is 49.3 Å². The summed E-state index contributed by atoms with van der Waals surface area (Å²) >= 11 is 0. The third kappa shape index (κ3) is 5.20. The molecule has 4 rings (SSSR count). The van der Waals surface area contributed by atoms with E-state index in [0.29, 0.717) is 29.2 Å². The minimum Gasteiger partial charge on any atom is -0.395 e. The number of rotatable bonds is 7. The van der Waals surface area contributed by atoms with Crippen molar-refractivity contribution in [3.63, 3.8) is 0 Å². The van der Waals surface area contributed by atoms with Gasteiger partial charge in [0.1, 0.15) is 6.67 Å². The first-order valence-corrected chi connectivity index (χ1v) is 10.5. The van der Waals surface area contributed by atoms with Crippen LogP contribution >= 0.6 is 0 Å². The predicted octanol–water partition coefficient (Wildman–Crippen LogP) is 3.78. The molecule has 0 spiro atoms. The Balaban J connectivity index is 1.64. The van der Waals surface area contributed by atoms with Crippen molar-refractivity contribution in [2.45, 2.75) is 12.9 Å². The number of carbonyl (C=O) groups is 1. The fourth-order valence-corrected chi connectivity index (χ4v) is 3.36. The van der Waals surface area contributed by atoms with Crippen molar-refractivity contribution in [2.24, 2.45) is 0 Å². The van der Waals surface area contributed by atoms with Crippen LogP contribution in [0.25, 0.3) is 22.4 Å². The van der Waals surface area contributed by atoms with Gasteiger partial charge in [-0.15, -0.1) is 0 Å². The zero-order chi connectivity index (χ0) is 25.9. The number of aromatic nitrogens is 5. The zero-order valence-corrected chi connectivity index (χ0v) is 18.8. The number of halogens is 4. The Labute approximate surface area is 201 Å². The summed E-state index contributed by atoms with van der Waals surface area (Å²) in [5, 5.41) is 12.4. The van der Waals surface area contributed by atoms with E-state index in [1.807, 2.05) is 0 Å². The molecule has 0 saturated heterocycles. The number of carbonyl (C=O) groups excluding carboxylic acids is 1. The van der Waals surface area contributed by atoms with Crippen LogP contribution in [-0.2, 0) is 12.9 Å². The number of amides is 1. The second-order valence-corrected chi connectivity index (χ2v) is 7.66. The third-order valence-corrected chi connectivity index (χ3v) is 5.21. The lowest BCUT2D eigenvalue weighted by Gasteiger charge is -2.16. The van der Waals surface area contributed by atoms with Crippen molar-refractivity contribution < 1.29 is 27.5 Å². The van der Waals surface area contributed by atoms with Crippen LogP contribution in [0, 0.1) is 0 Å². The zero-order valence-electron chi connectivity index (χ0n) is 18.8. The van der Waals surface area contributed by atoms with E-state index in [0.717, 1.165) is 0 Å². The molecule has 0 aromatic carbocycles. The van der Waals surface area contributed by atoms with Gasteiger partial charge in [-0.3, -0.25) is 9.78 Å². The van der Waals surface area contributed by atoms with E-state index in [9.17, 15) is 22.4 Å². The van der Waals surface area contributed by atoms with Crippen LogP contribution in [0.3, 0.4) is 0 Å². The summed E-state index contributed by atoms with van der Waals surface area (Å²) in [6.45, 7) is -0.982. The fourth-order valence-electron chi connectivity index (χ4n) is 3.36. The minimum atomic E-state index is -4.55. The Morgan fingerprint density at radius 2 is 1.83 bits per heavy atom. The monoisotopic (exact) mass is 501 g/mol. The highest BCUT2D eigenvalue weighted by Crippen LogP contribution is 2.30. The molecule has 0 aliphatic rings. The molecule has 186 valence electrons. The van der Waals surface area contributed by atoms with Crippen molar-refractivity contribution in [1.29, 1.82) is 0 Å². The number of aliphatic hydroxyl groups is 1. The Morgan fingerprint density at radius 1 is 1.08 bits per heavy atom. The first kappa shape index (κ1) is 24.9. The van der Waals surface area contributed by atoms with Crippen molar-refractivity contribution in [3.8, 4) is 11.4 Å². The van der Waals surface area contributed by atoms with E-state index in [2.05, 4.69) is 30.2 Å². The van der Waals surface area contributed by atoms with Crippen LogP contribution in [0.15, 0.2) is 49.1 Å². The van der Waals surface area contributed by atoms with E-state index < -0.39 is 24.3 Å². The van der Waals surface area contributed by atoms with E-state index in [4.69, 9.17) is 5.11 Å². The Kier molecular flexibility index (Phi) is 7.01. The smallest absolute Gasteiger partial charge is 0.395 e. The van der Waals surface area contributed by atoms with Gasteiger partial charge in [0.25, 0.3) is 5.91 Å². The SMILES string of the molecule is CN(CCO)C(=O)c1cnc(-c2ccc3c(Nc4ncc(C(F)(F)F)cn4)ccnc3n2)c(CF)c1. The third-order valence-electron chi connectivity index (χ3n) is 5.21. The highest BCUT2D eigenvalue weighted by Gasteiger charge is 2.31. The standard InChI is InChI=1S/C23H19F4N7O2/c1-34(6-7-35)21(36)14-8-13(9-24)19(29-10-14)18-3-2-16-17(4-5-28-20(16)32-18)33-22-30-11-15(12-31-22)23(25,26)27/h2-5,8,10-12,35H,6-7,9H2,1H3,(H,28,30,31,32,33). The minimum absolute atomic E-state index is 0.0487. The van der Waals surface area contributed by atoms with Crippen LogP contribution in [0.2, 0.25) is 0 Å². The van der Waals surface area contributed by atoms with Gasteiger partial charge in [-0.05, 0) is 24.3 Å². The quantitative estimate of drug-likeness (QED) is 0.368. The van der Waals surface area contributed by atoms with Crippen molar-refractivity contribution >= 4 is 28.6 Å². The van der Waals surface area contributed by atoms with Gasteiger partial charge in [-0.1, -0.05) is 0 Å². The number of hydrogen-bond acceptors (Lipinski definition) is 8. The highest BCUT2D eigenvalue weighted by atomic mass is 19.4. The topological polar surface area (TPSA) is 117 Å². The molecule has 4 heterocycles. The van der Waals surface area contributed by atoms with Crippen molar-refractivity contribution in [2.75, 3.05) is 25.5 Å². The molecule has 0 atom stereocenters. The predicted molar refractivity (Wildman–Crippen MR) is 122 cm³/mol.